The minimum Gasteiger partial charge on any atom is -0.471 e. The first kappa shape index (κ1) is 30.4. The fraction of sp³-hybridized carbons (Fsp3) is 0.870. The second-order valence-corrected chi connectivity index (χ2v) is 10.3. The molecule has 3 aliphatic heterocycles. The summed E-state index contributed by atoms with van der Waals surface area (Å²) >= 11 is 0. The highest BCUT2D eigenvalue weighted by Crippen LogP contribution is 2.50. The Labute approximate surface area is 222 Å². The molecular formula is C23H36O16. The summed E-state index contributed by atoms with van der Waals surface area (Å²) in [7, 11) is 1.12. The van der Waals surface area contributed by atoms with Crippen molar-refractivity contribution >= 4 is 5.97 Å². The summed E-state index contributed by atoms with van der Waals surface area (Å²) in [5.41, 5.74) is -2.14. The molecule has 0 amide bonds. The van der Waals surface area contributed by atoms with Gasteiger partial charge in [-0.25, -0.2) is 4.79 Å². The molecule has 0 unspecified atom stereocenters. The molecule has 0 spiro atoms. The van der Waals surface area contributed by atoms with Crippen LogP contribution in [0.4, 0.5) is 0 Å². The van der Waals surface area contributed by atoms with Gasteiger partial charge in [0.2, 0.25) is 6.29 Å². The molecule has 39 heavy (non-hydrogen) atoms. The van der Waals surface area contributed by atoms with Crippen molar-refractivity contribution < 1.29 is 79.2 Å². The van der Waals surface area contributed by atoms with Crippen LogP contribution in [0.2, 0.25) is 0 Å². The van der Waals surface area contributed by atoms with Gasteiger partial charge in [-0.05, 0) is 5.92 Å². The molecule has 4 aliphatic rings. The normalized spacial score (nSPS) is 50.1. The van der Waals surface area contributed by atoms with Crippen molar-refractivity contribution in [3.8, 4) is 0 Å². The lowest BCUT2D eigenvalue weighted by atomic mass is 9.79. The minimum absolute atomic E-state index is 0.228. The Hall–Kier alpha value is -1.51. The second kappa shape index (κ2) is 11.8. The van der Waals surface area contributed by atoms with E-state index in [1.165, 1.54) is 0 Å². The number of aliphatic hydroxyl groups excluding tert-OH is 8. The summed E-state index contributed by atoms with van der Waals surface area (Å²) in [6.07, 6.45) is -18.0. The van der Waals surface area contributed by atoms with Crippen molar-refractivity contribution in [1.29, 1.82) is 0 Å². The third-order valence-corrected chi connectivity index (χ3v) is 7.94. The fourth-order valence-electron chi connectivity index (χ4n) is 5.54. The van der Waals surface area contributed by atoms with Gasteiger partial charge in [0.25, 0.3) is 0 Å². The third-order valence-electron chi connectivity index (χ3n) is 7.94. The van der Waals surface area contributed by atoms with Crippen LogP contribution < -0.4 is 0 Å². The zero-order valence-electron chi connectivity index (χ0n) is 21.2. The molecular weight excluding hydrogens is 532 g/mol. The first-order valence-corrected chi connectivity index (χ1v) is 12.5. The van der Waals surface area contributed by atoms with E-state index >= 15 is 0 Å². The molecule has 4 rings (SSSR count). The first-order valence-electron chi connectivity index (χ1n) is 12.5. The van der Waals surface area contributed by atoms with Gasteiger partial charge in [0, 0.05) is 6.42 Å². The van der Waals surface area contributed by atoms with E-state index < -0.39 is 110 Å². The molecule has 0 aromatic carbocycles. The SMILES string of the molecule is COC(=O)C1=CO[C@@H](O[C@@H]2O[C@H](CO[C@@H]3O[C@H](CO)[C@@H](O)[C@H](O)[C@H]3O)[C@@H](O)[C@H](O)[C@H]2O)[C@@H]2[C@H](C)[C@@H](O)C[C@]12O. The Morgan fingerprint density at radius 3 is 2.13 bits per heavy atom. The van der Waals surface area contributed by atoms with Gasteiger partial charge in [0.15, 0.2) is 12.6 Å². The number of carbonyl (C=O) groups is 1. The number of ether oxygens (including phenoxy) is 6. The number of hydrogen-bond donors (Lipinski definition) is 9. The molecule has 16 heteroatoms. The number of aliphatic hydroxyl groups is 9. The van der Waals surface area contributed by atoms with E-state index in [4.69, 9.17) is 28.4 Å². The van der Waals surface area contributed by atoms with Gasteiger partial charge in [0.1, 0.15) is 60.0 Å². The Balaban J connectivity index is 1.47. The molecule has 1 saturated carbocycles. The van der Waals surface area contributed by atoms with Gasteiger partial charge < -0.3 is 74.4 Å². The predicted octanol–water partition coefficient (Wildman–Crippen LogP) is -5.21. The van der Waals surface area contributed by atoms with E-state index in [9.17, 15) is 50.8 Å². The van der Waals surface area contributed by atoms with Crippen LogP contribution in [-0.4, -0.2) is 152 Å². The molecule has 2 saturated heterocycles. The van der Waals surface area contributed by atoms with Crippen LogP contribution in [0.1, 0.15) is 13.3 Å². The van der Waals surface area contributed by atoms with Gasteiger partial charge in [0.05, 0.1) is 38.6 Å². The Morgan fingerprint density at radius 1 is 0.923 bits per heavy atom. The maximum Gasteiger partial charge on any atom is 0.339 e. The molecule has 0 bridgehead atoms. The molecule has 0 aromatic rings. The largest absolute Gasteiger partial charge is 0.471 e. The molecule has 15 atom stereocenters. The number of fused-ring (bicyclic) bond motifs is 1. The molecule has 3 fully saturated rings. The van der Waals surface area contributed by atoms with E-state index in [1.807, 2.05) is 0 Å². The Bertz CT molecular complexity index is 899. The minimum atomic E-state index is -1.90. The maximum atomic E-state index is 12.2. The van der Waals surface area contributed by atoms with Crippen molar-refractivity contribution in [2.45, 2.75) is 92.8 Å². The standard InChI is InChI=1S/C23H36O16/c1-7-9(25)3-23(33)8(19(32)34-2)5-35-20(12(7)23)39-22-18(31)16(29)14(27)11(38-22)6-36-21-17(30)15(28)13(26)10(4-24)37-21/h5,7,9-18,20-22,24-31,33H,3-4,6H2,1-2H3/t7-,9+,10-,11-,12+,13-,14-,15+,16+,17-,18-,20+,21-,22+,23+/m1/s1. The van der Waals surface area contributed by atoms with Crippen LogP contribution in [0.25, 0.3) is 0 Å². The second-order valence-electron chi connectivity index (χ2n) is 10.3. The van der Waals surface area contributed by atoms with E-state index in [-0.39, 0.29) is 12.0 Å². The average Bonchev–Trinajstić information content (AvgIpc) is 3.15. The monoisotopic (exact) mass is 568 g/mol. The average molecular weight is 569 g/mol. The van der Waals surface area contributed by atoms with Crippen molar-refractivity contribution in [1.82, 2.24) is 0 Å². The Morgan fingerprint density at radius 2 is 1.51 bits per heavy atom. The maximum absolute atomic E-state index is 12.2. The highest BCUT2D eigenvalue weighted by Gasteiger charge is 2.61. The van der Waals surface area contributed by atoms with Crippen LogP contribution in [0.5, 0.6) is 0 Å². The summed E-state index contributed by atoms with van der Waals surface area (Å²) in [6.45, 7) is 0.331. The van der Waals surface area contributed by atoms with E-state index in [0.717, 1.165) is 13.4 Å². The van der Waals surface area contributed by atoms with E-state index in [0.29, 0.717) is 0 Å². The molecule has 9 N–H and O–H groups in total. The quantitative estimate of drug-likeness (QED) is 0.130. The zero-order valence-corrected chi connectivity index (χ0v) is 21.2. The molecule has 0 radical (unpaired) electrons. The van der Waals surface area contributed by atoms with Crippen LogP contribution >= 0.6 is 0 Å². The van der Waals surface area contributed by atoms with E-state index in [1.54, 1.807) is 6.92 Å². The molecule has 16 nitrogen and oxygen atoms in total. The van der Waals surface area contributed by atoms with E-state index in [2.05, 4.69) is 0 Å². The lowest BCUT2D eigenvalue weighted by Crippen LogP contribution is -2.62. The van der Waals surface area contributed by atoms with Gasteiger partial charge in [-0.1, -0.05) is 6.92 Å². The van der Waals surface area contributed by atoms with Gasteiger partial charge in [-0.15, -0.1) is 0 Å². The van der Waals surface area contributed by atoms with Crippen molar-refractivity contribution in [2.24, 2.45) is 11.8 Å². The van der Waals surface area contributed by atoms with Crippen molar-refractivity contribution in [3.63, 3.8) is 0 Å². The first-order chi connectivity index (χ1) is 18.3. The zero-order chi connectivity index (χ0) is 28.8. The topological polar surface area (TPSA) is 255 Å². The fourth-order valence-corrected chi connectivity index (χ4v) is 5.54. The lowest BCUT2D eigenvalue weighted by Gasteiger charge is -2.45. The summed E-state index contributed by atoms with van der Waals surface area (Å²) in [5, 5.41) is 92.5. The van der Waals surface area contributed by atoms with Crippen molar-refractivity contribution in [3.05, 3.63) is 11.8 Å². The smallest absolute Gasteiger partial charge is 0.339 e. The highest BCUT2D eigenvalue weighted by atomic mass is 16.8. The number of esters is 1. The highest BCUT2D eigenvalue weighted by molar-refractivity contribution is 5.90. The lowest BCUT2D eigenvalue weighted by molar-refractivity contribution is -0.357. The summed E-state index contributed by atoms with van der Waals surface area (Å²) < 4.78 is 32.2. The number of methoxy groups -OCH3 is 1. The molecule has 0 aromatic heterocycles. The number of carbonyl (C=O) groups excluding carboxylic acids is 1. The van der Waals surface area contributed by atoms with Gasteiger partial charge >= 0.3 is 5.97 Å². The summed E-state index contributed by atoms with van der Waals surface area (Å²) in [6, 6.07) is 0. The summed E-state index contributed by atoms with van der Waals surface area (Å²) in [4.78, 5) is 12.2. The van der Waals surface area contributed by atoms with Crippen molar-refractivity contribution in [2.75, 3.05) is 20.3 Å². The molecule has 224 valence electrons. The van der Waals surface area contributed by atoms with Crippen LogP contribution in [-0.2, 0) is 33.2 Å². The van der Waals surface area contributed by atoms with Gasteiger partial charge in [-0.3, -0.25) is 0 Å². The molecule has 1 aliphatic carbocycles. The summed E-state index contributed by atoms with van der Waals surface area (Å²) in [5.74, 6) is -2.56. The predicted molar refractivity (Wildman–Crippen MR) is 121 cm³/mol. The van der Waals surface area contributed by atoms with Crippen LogP contribution in [0.15, 0.2) is 11.8 Å². The Kier molecular flexibility index (Phi) is 9.19. The number of hydrogen-bond acceptors (Lipinski definition) is 16. The molecule has 3 heterocycles. The number of rotatable bonds is 7. The van der Waals surface area contributed by atoms with Gasteiger partial charge in [-0.2, -0.15) is 0 Å². The van der Waals surface area contributed by atoms with Crippen LogP contribution in [0.3, 0.4) is 0 Å². The van der Waals surface area contributed by atoms with Crippen LogP contribution in [0, 0.1) is 11.8 Å². The third kappa shape index (κ3) is 5.42.